The molecule has 3 aromatic rings. The molecule has 0 unspecified atom stereocenters. The summed E-state index contributed by atoms with van der Waals surface area (Å²) in [5.41, 5.74) is 12.9. The molecule has 0 aromatic heterocycles. The zero-order chi connectivity index (χ0) is 23.3. The van der Waals surface area contributed by atoms with Crippen molar-refractivity contribution in [3.63, 3.8) is 0 Å². The molecule has 3 rings (SSSR count). The van der Waals surface area contributed by atoms with Gasteiger partial charge in [-0.2, -0.15) is 0 Å². The molecule has 0 aliphatic rings. The SMILES string of the molecule is CCC(=C(c1ccc(C=CC(=O)O)cc1)c1ccc(N)c(C=N)c1)c1cccc(F)c1C. The number of carbonyl (C=O) groups is 1. The van der Waals surface area contributed by atoms with Crippen molar-refractivity contribution in [1.29, 1.82) is 5.41 Å². The second-order valence-electron chi connectivity index (χ2n) is 7.40. The van der Waals surface area contributed by atoms with E-state index >= 15 is 0 Å². The third-order valence-electron chi connectivity index (χ3n) is 5.40. The molecular formula is C27H25FN2O2. The molecule has 32 heavy (non-hydrogen) atoms. The van der Waals surface area contributed by atoms with Crippen molar-refractivity contribution in [3.05, 3.63) is 106 Å². The van der Waals surface area contributed by atoms with Gasteiger partial charge in [0.15, 0.2) is 0 Å². The highest BCUT2D eigenvalue weighted by Gasteiger charge is 2.16. The fourth-order valence-electron chi connectivity index (χ4n) is 3.74. The number of nitrogen functional groups attached to an aromatic ring is 1. The van der Waals surface area contributed by atoms with Gasteiger partial charge in [0.25, 0.3) is 0 Å². The number of aliphatic carboxylic acids is 1. The van der Waals surface area contributed by atoms with Gasteiger partial charge in [-0.25, -0.2) is 9.18 Å². The fourth-order valence-corrected chi connectivity index (χ4v) is 3.74. The Morgan fingerprint density at radius 3 is 2.41 bits per heavy atom. The number of hydrogen-bond acceptors (Lipinski definition) is 3. The lowest BCUT2D eigenvalue weighted by molar-refractivity contribution is -0.131. The van der Waals surface area contributed by atoms with E-state index in [1.807, 2.05) is 49.4 Å². The molecule has 0 amide bonds. The van der Waals surface area contributed by atoms with E-state index < -0.39 is 5.97 Å². The van der Waals surface area contributed by atoms with E-state index in [4.69, 9.17) is 16.2 Å². The average molecular weight is 429 g/mol. The lowest BCUT2D eigenvalue weighted by atomic mass is 9.85. The maximum Gasteiger partial charge on any atom is 0.328 e. The van der Waals surface area contributed by atoms with Crippen LogP contribution in [0.15, 0.2) is 66.7 Å². The molecular weight excluding hydrogens is 403 g/mol. The Labute approximate surface area is 187 Å². The standard InChI is InChI=1S/C27H25FN2O2/c1-3-22(23-5-4-6-24(28)17(23)2)27(20-12-13-25(30)21(15-20)16-29)19-10-7-18(8-11-19)9-14-26(31)32/h4-16,29H,3,30H2,1-2H3,(H,31,32). The Hall–Kier alpha value is -3.99. The summed E-state index contributed by atoms with van der Waals surface area (Å²) in [6.45, 7) is 3.79. The minimum atomic E-state index is -1.01. The molecule has 0 bridgehead atoms. The van der Waals surface area contributed by atoms with Crippen molar-refractivity contribution in [1.82, 2.24) is 0 Å². The van der Waals surface area contributed by atoms with E-state index in [1.165, 1.54) is 18.4 Å². The summed E-state index contributed by atoms with van der Waals surface area (Å²) >= 11 is 0. The molecule has 0 aliphatic heterocycles. The molecule has 5 heteroatoms. The molecule has 162 valence electrons. The normalized spacial score (nSPS) is 12.0. The number of halogens is 1. The molecule has 4 nitrogen and oxygen atoms in total. The third kappa shape index (κ3) is 4.83. The van der Waals surface area contributed by atoms with Crippen LogP contribution < -0.4 is 5.73 Å². The maximum absolute atomic E-state index is 14.4. The summed E-state index contributed by atoms with van der Waals surface area (Å²) in [4.78, 5) is 10.8. The molecule has 0 aliphatic carbocycles. The van der Waals surface area contributed by atoms with Crippen LogP contribution in [0, 0.1) is 18.2 Å². The second-order valence-corrected chi connectivity index (χ2v) is 7.40. The van der Waals surface area contributed by atoms with E-state index in [0.29, 0.717) is 23.2 Å². The Morgan fingerprint density at radius 2 is 1.78 bits per heavy atom. The molecule has 0 heterocycles. The Morgan fingerprint density at radius 1 is 1.09 bits per heavy atom. The number of nitrogens with one attached hydrogen (secondary N) is 1. The van der Waals surface area contributed by atoms with Crippen molar-refractivity contribution < 1.29 is 14.3 Å². The van der Waals surface area contributed by atoms with Crippen LogP contribution >= 0.6 is 0 Å². The lowest BCUT2D eigenvalue weighted by Crippen LogP contribution is -2.00. The van der Waals surface area contributed by atoms with Gasteiger partial charge in [0.2, 0.25) is 0 Å². The van der Waals surface area contributed by atoms with Crippen LogP contribution in [-0.4, -0.2) is 17.3 Å². The summed E-state index contributed by atoms with van der Waals surface area (Å²) in [6.07, 6.45) is 4.50. The summed E-state index contributed by atoms with van der Waals surface area (Å²) < 4.78 is 14.4. The number of hydrogen-bond donors (Lipinski definition) is 3. The smallest absolute Gasteiger partial charge is 0.328 e. The van der Waals surface area contributed by atoms with Crippen LogP contribution in [0.1, 0.15) is 46.7 Å². The zero-order valence-corrected chi connectivity index (χ0v) is 18.0. The van der Waals surface area contributed by atoms with Gasteiger partial charge in [-0.05, 0) is 76.6 Å². The number of carboxylic acid groups (broad SMARTS) is 1. The fraction of sp³-hybridized carbons (Fsp3) is 0.111. The van der Waals surface area contributed by atoms with E-state index in [2.05, 4.69) is 0 Å². The van der Waals surface area contributed by atoms with Gasteiger partial charge in [-0.15, -0.1) is 0 Å². The largest absolute Gasteiger partial charge is 0.478 e. The number of carboxylic acids is 1. The highest BCUT2D eigenvalue weighted by Crippen LogP contribution is 2.37. The summed E-state index contributed by atoms with van der Waals surface area (Å²) in [7, 11) is 0. The summed E-state index contributed by atoms with van der Waals surface area (Å²) in [5.74, 6) is -1.27. The quantitative estimate of drug-likeness (QED) is 0.182. The molecule has 0 fully saturated rings. The van der Waals surface area contributed by atoms with E-state index in [-0.39, 0.29) is 5.82 Å². The Kier molecular flexibility index (Phi) is 7.00. The monoisotopic (exact) mass is 428 g/mol. The predicted octanol–water partition coefficient (Wildman–Crippen LogP) is 6.18. The highest BCUT2D eigenvalue weighted by molar-refractivity contribution is 6.00. The van der Waals surface area contributed by atoms with Crippen LogP contribution in [0.5, 0.6) is 0 Å². The second kappa shape index (κ2) is 9.88. The van der Waals surface area contributed by atoms with Crippen LogP contribution in [0.3, 0.4) is 0 Å². The van der Waals surface area contributed by atoms with Crippen LogP contribution in [0.25, 0.3) is 17.2 Å². The van der Waals surface area contributed by atoms with Gasteiger partial charge < -0.3 is 16.2 Å². The first-order valence-corrected chi connectivity index (χ1v) is 10.3. The van der Waals surface area contributed by atoms with Gasteiger partial charge >= 0.3 is 5.97 Å². The molecule has 0 atom stereocenters. The van der Waals surface area contributed by atoms with Crippen molar-refractivity contribution in [3.8, 4) is 0 Å². The zero-order valence-electron chi connectivity index (χ0n) is 18.0. The number of rotatable bonds is 7. The first kappa shape index (κ1) is 22.7. The summed E-state index contributed by atoms with van der Waals surface area (Å²) in [6, 6.07) is 18.1. The van der Waals surface area contributed by atoms with E-state index in [1.54, 1.807) is 19.1 Å². The summed E-state index contributed by atoms with van der Waals surface area (Å²) in [5, 5.41) is 16.6. The van der Waals surface area contributed by atoms with E-state index in [0.717, 1.165) is 39.5 Å². The van der Waals surface area contributed by atoms with Gasteiger partial charge in [0.05, 0.1) is 0 Å². The highest BCUT2D eigenvalue weighted by atomic mass is 19.1. The maximum atomic E-state index is 14.4. The molecule has 0 spiro atoms. The average Bonchev–Trinajstić information content (AvgIpc) is 2.79. The van der Waals surface area contributed by atoms with Crippen LogP contribution in [-0.2, 0) is 4.79 Å². The minimum Gasteiger partial charge on any atom is -0.478 e. The molecule has 0 saturated heterocycles. The molecule has 3 aromatic carbocycles. The lowest BCUT2D eigenvalue weighted by Gasteiger charge is -2.19. The first-order chi connectivity index (χ1) is 15.3. The van der Waals surface area contributed by atoms with Gasteiger partial charge in [0.1, 0.15) is 5.82 Å². The van der Waals surface area contributed by atoms with Gasteiger partial charge in [0, 0.05) is 23.5 Å². The molecule has 4 N–H and O–H groups in total. The van der Waals surface area contributed by atoms with Gasteiger partial charge in [-0.3, -0.25) is 0 Å². The van der Waals surface area contributed by atoms with Crippen molar-refractivity contribution in [2.24, 2.45) is 0 Å². The Bertz CT molecular complexity index is 1220. The number of allylic oxidation sites excluding steroid dienone is 1. The van der Waals surface area contributed by atoms with Crippen molar-refractivity contribution in [2.75, 3.05) is 5.73 Å². The van der Waals surface area contributed by atoms with E-state index in [9.17, 15) is 9.18 Å². The van der Waals surface area contributed by atoms with Crippen molar-refractivity contribution in [2.45, 2.75) is 20.3 Å². The number of nitrogens with two attached hydrogens (primary N) is 1. The number of anilines is 1. The molecule has 0 radical (unpaired) electrons. The predicted molar refractivity (Wildman–Crippen MR) is 129 cm³/mol. The topological polar surface area (TPSA) is 87.2 Å². The minimum absolute atomic E-state index is 0.264. The molecule has 0 saturated carbocycles. The Balaban J connectivity index is 2.29. The van der Waals surface area contributed by atoms with Gasteiger partial charge in [-0.1, -0.05) is 49.4 Å². The first-order valence-electron chi connectivity index (χ1n) is 10.3. The van der Waals surface area contributed by atoms with Crippen molar-refractivity contribution >= 4 is 35.1 Å². The third-order valence-corrected chi connectivity index (χ3v) is 5.40. The van der Waals surface area contributed by atoms with Crippen LogP contribution in [0.2, 0.25) is 0 Å². The number of benzene rings is 3. The van der Waals surface area contributed by atoms with Crippen LogP contribution in [0.4, 0.5) is 10.1 Å².